The molecule has 1 aromatic heterocycles. The quantitative estimate of drug-likeness (QED) is 0.789. The van der Waals surface area contributed by atoms with Crippen molar-refractivity contribution in [1.82, 2.24) is 13.6 Å². The Balaban J connectivity index is 1.95. The fraction of sp³-hybridized carbons (Fsp3) is 0.846. The molecule has 2 heterocycles. The van der Waals surface area contributed by atoms with Crippen LogP contribution in [-0.4, -0.2) is 57.9 Å². The van der Waals surface area contributed by atoms with Crippen molar-refractivity contribution in [3.63, 3.8) is 0 Å². The summed E-state index contributed by atoms with van der Waals surface area (Å²) >= 11 is 1.12. The van der Waals surface area contributed by atoms with Gasteiger partial charge < -0.3 is 20.1 Å². The van der Waals surface area contributed by atoms with Gasteiger partial charge in [0.15, 0.2) is 0 Å². The second-order valence-corrected chi connectivity index (χ2v) is 7.03. The number of nitrogens with zero attached hydrogens (tertiary/aromatic N) is 3. The molecule has 1 aliphatic rings. The Hall–Kier alpha value is -0.960. The van der Waals surface area contributed by atoms with Gasteiger partial charge in [-0.2, -0.15) is 4.37 Å². The van der Waals surface area contributed by atoms with Gasteiger partial charge in [-0.25, -0.2) is 3.96 Å². The zero-order valence-electron chi connectivity index (χ0n) is 12.8. The number of morpholine rings is 1. The highest BCUT2D eigenvalue weighted by Crippen LogP contribution is 2.10. The first kappa shape index (κ1) is 16.4. The summed E-state index contributed by atoms with van der Waals surface area (Å²) in [4.78, 5) is 14.2. The van der Waals surface area contributed by atoms with Crippen molar-refractivity contribution in [3.05, 3.63) is 10.4 Å². The maximum absolute atomic E-state index is 12.3. The summed E-state index contributed by atoms with van der Waals surface area (Å²) in [7, 11) is 0. The Kier molecular flexibility index (Phi) is 5.37. The molecule has 1 atom stereocenters. The fourth-order valence-corrected chi connectivity index (χ4v) is 2.80. The lowest BCUT2D eigenvalue weighted by molar-refractivity contribution is 0.122. The Morgan fingerprint density at radius 3 is 2.71 bits per heavy atom. The number of hydrogen-bond donors (Lipinski definition) is 2. The van der Waals surface area contributed by atoms with E-state index in [4.69, 9.17) is 4.74 Å². The van der Waals surface area contributed by atoms with Gasteiger partial charge in [-0.1, -0.05) is 0 Å². The number of hydrogen-bond acceptors (Lipinski definition) is 7. The molecule has 0 radical (unpaired) electrons. The average molecular weight is 316 g/mol. The molecule has 0 saturated carbocycles. The minimum Gasteiger partial charge on any atom is -0.390 e. The predicted molar refractivity (Wildman–Crippen MR) is 83.2 cm³/mol. The first-order valence-electron chi connectivity index (χ1n) is 7.19. The third-order valence-electron chi connectivity index (χ3n) is 3.20. The molecule has 0 amide bonds. The van der Waals surface area contributed by atoms with E-state index in [1.807, 2.05) is 25.7 Å². The van der Waals surface area contributed by atoms with Gasteiger partial charge in [0.05, 0.1) is 37.6 Å². The summed E-state index contributed by atoms with van der Waals surface area (Å²) < 4.78 is 11.0. The molecule has 1 unspecified atom stereocenters. The number of aliphatic hydroxyl groups is 1. The van der Waals surface area contributed by atoms with Crippen molar-refractivity contribution in [1.29, 1.82) is 0 Å². The van der Waals surface area contributed by atoms with Crippen LogP contribution in [0.4, 0.5) is 5.82 Å². The normalized spacial score (nSPS) is 18.0. The van der Waals surface area contributed by atoms with E-state index in [-0.39, 0.29) is 17.6 Å². The highest BCUT2D eigenvalue weighted by atomic mass is 32.1. The average Bonchev–Trinajstić information content (AvgIpc) is 2.78. The maximum atomic E-state index is 12.3. The summed E-state index contributed by atoms with van der Waals surface area (Å²) in [5.74, 6) is 0.472. The molecule has 8 heteroatoms. The van der Waals surface area contributed by atoms with E-state index in [9.17, 15) is 9.90 Å². The number of nitrogens with one attached hydrogen (secondary N) is 1. The van der Waals surface area contributed by atoms with E-state index >= 15 is 0 Å². The molecule has 2 rings (SSSR count). The van der Waals surface area contributed by atoms with Gasteiger partial charge in [-0.05, 0) is 20.8 Å². The summed E-state index contributed by atoms with van der Waals surface area (Å²) in [5, 5.41) is 13.3. The molecule has 2 N–H and O–H groups in total. The topological polar surface area (TPSA) is 79.6 Å². The number of β-amino-alcohol motifs (C(OH)–C–C–N with tert-alkyl or cyclic N) is 1. The van der Waals surface area contributed by atoms with Gasteiger partial charge in [-0.3, -0.25) is 4.79 Å². The van der Waals surface area contributed by atoms with Crippen LogP contribution in [-0.2, 0) is 11.3 Å². The lowest BCUT2D eigenvalue weighted by Crippen LogP contribution is -2.43. The predicted octanol–water partition coefficient (Wildman–Crippen LogP) is -0.110. The zero-order chi connectivity index (χ0) is 15.5. The smallest absolute Gasteiger partial charge is 0.304 e. The van der Waals surface area contributed by atoms with E-state index in [1.54, 1.807) is 0 Å². The van der Waals surface area contributed by atoms with Crippen molar-refractivity contribution >= 4 is 17.5 Å². The van der Waals surface area contributed by atoms with Crippen LogP contribution in [0.5, 0.6) is 0 Å². The molecule has 0 aliphatic carbocycles. The van der Waals surface area contributed by atoms with Crippen LogP contribution in [0.3, 0.4) is 0 Å². The molecule has 1 fully saturated rings. The van der Waals surface area contributed by atoms with Gasteiger partial charge in [0.25, 0.3) is 0 Å². The van der Waals surface area contributed by atoms with Crippen LogP contribution in [0, 0.1) is 0 Å². The van der Waals surface area contributed by atoms with E-state index in [0.29, 0.717) is 38.7 Å². The van der Waals surface area contributed by atoms with Crippen LogP contribution < -0.4 is 15.8 Å². The van der Waals surface area contributed by atoms with Gasteiger partial charge in [0, 0.05) is 25.2 Å². The third-order valence-corrected chi connectivity index (χ3v) is 3.97. The Labute approximate surface area is 128 Å². The fourth-order valence-electron chi connectivity index (χ4n) is 2.04. The highest BCUT2D eigenvalue weighted by molar-refractivity contribution is 7.00. The first-order valence-corrected chi connectivity index (χ1v) is 7.92. The van der Waals surface area contributed by atoms with Crippen LogP contribution >= 0.6 is 11.7 Å². The molecule has 1 aromatic rings. The van der Waals surface area contributed by atoms with Crippen molar-refractivity contribution in [3.8, 4) is 0 Å². The molecule has 0 spiro atoms. The highest BCUT2D eigenvalue weighted by Gasteiger charge is 2.20. The second kappa shape index (κ2) is 6.87. The van der Waals surface area contributed by atoms with Crippen molar-refractivity contribution < 1.29 is 9.84 Å². The number of ether oxygens (including phenoxy) is 1. The second-order valence-electron chi connectivity index (χ2n) is 6.25. The lowest BCUT2D eigenvalue weighted by atomic mass is 10.1. The first-order chi connectivity index (χ1) is 9.87. The summed E-state index contributed by atoms with van der Waals surface area (Å²) in [6, 6.07) is 0. The number of aliphatic hydroxyl groups excluding tert-OH is 1. The van der Waals surface area contributed by atoms with E-state index in [2.05, 4.69) is 9.69 Å². The summed E-state index contributed by atoms with van der Waals surface area (Å²) in [6.07, 6.45) is -0.611. The van der Waals surface area contributed by atoms with Crippen LogP contribution in [0.25, 0.3) is 0 Å². The monoisotopic (exact) mass is 316 g/mol. The molecule has 120 valence electrons. The van der Waals surface area contributed by atoms with Gasteiger partial charge >= 0.3 is 5.56 Å². The van der Waals surface area contributed by atoms with E-state index in [0.717, 1.165) is 11.7 Å². The Morgan fingerprint density at radius 1 is 1.43 bits per heavy atom. The molecular weight excluding hydrogens is 292 g/mol. The van der Waals surface area contributed by atoms with Gasteiger partial charge in [-0.15, -0.1) is 0 Å². The summed E-state index contributed by atoms with van der Waals surface area (Å²) in [5.41, 5.74) is -0.185. The number of anilines is 1. The molecule has 7 nitrogen and oxygen atoms in total. The Morgan fingerprint density at radius 2 is 2.10 bits per heavy atom. The molecule has 21 heavy (non-hydrogen) atoms. The standard InChI is InChI=1S/C13H24N4O3S/c1-13(2,3)14-8-10(18)9-17-12(19)11(15-21-17)16-4-6-20-7-5-16/h10,14,18H,4-9H2,1-3H3. The minimum atomic E-state index is -0.611. The van der Waals surface area contributed by atoms with Crippen molar-refractivity contribution in [2.24, 2.45) is 0 Å². The SMILES string of the molecule is CC(C)(C)NCC(O)Cn1snc(N2CCOCC2)c1=O. The van der Waals surface area contributed by atoms with Crippen molar-refractivity contribution in [2.75, 3.05) is 37.7 Å². The van der Waals surface area contributed by atoms with Gasteiger partial charge in [0.1, 0.15) is 0 Å². The molecular formula is C13H24N4O3S. The van der Waals surface area contributed by atoms with Gasteiger partial charge in [0.2, 0.25) is 5.82 Å². The lowest BCUT2D eigenvalue weighted by Gasteiger charge is -2.25. The third kappa shape index (κ3) is 4.77. The summed E-state index contributed by atoms with van der Waals surface area (Å²) in [6.45, 7) is 9.44. The number of aromatic nitrogens is 2. The van der Waals surface area contributed by atoms with E-state index in [1.165, 1.54) is 3.96 Å². The zero-order valence-corrected chi connectivity index (χ0v) is 13.7. The van der Waals surface area contributed by atoms with Crippen LogP contribution in [0.1, 0.15) is 20.8 Å². The van der Waals surface area contributed by atoms with Crippen LogP contribution in [0.2, 0.25) is 0 Å². The minimum absolute atomic E-state index is 0.0569. The van der Waals surface area contributed by atoms with Crippen LogP contribution in [0.15, 0.2) is 4.79 Å². The molecule has 0 aromatic carbocycles. The molecule has 1 aliphatic heterocycles. The number of rotatable bonds is 5. The van der Waals surface area contributed by atoms with E-state index < -0.39 is 6.10 Å². The Bertz CT molecular complexity index is 502. The van der Waals surface area contributed by atoms with Crippen molar-refractivity contribution in [2.45, 2.75) is 39.0 Å². The molecule has 0 bridgehead atoms. The largest absolute Gasteiger partial charge is 0.390 e. The maximum Gasteiger partial charge on any atom is 0.304 e. The molecule has 1 saturated heterocycles.